The quantitative estimate of drug-likeness (QED) is 0.683. The number of carbonyl (C=O) groups is 1. The first-order valence-corrected chi connectivity index (χ1v) is 8.51. The average molecular weight is 375 g/mol. The predicted octanol–water partition coefficient (Wildman–Crippen LogP) is 3.69. The SMILES string of the molecule is CNC(C)Cc1noc(-c2ccc(Cl)cc2NC(=O)c2ccoc2C)n1. The van der Waals surface area contributed by atoms with Gasteiger partial charge in [0, 0.05) is 17.5 Å². The first-order valence-electron chi connectivity index (χ1n) is 8.13. The van der Waals surface area contributed by atoms with Crippen LogP contribution in [0, 0.1) is 6.92 Å². The molecule has 0 bridgehead atoms. The number of halogens is 1. The van der Waals surface area contributed by atoms with Gasteiger partial charge in [0.05, 0.1) is 23.1 Å². The van der Waals surface area contributed by atoms with Crippen LogP contribution in [-0.2, 0) is 6.42 Å². The van der Waals surface area contributed by atoms with Gasteiger partial charge in [-0.1, -0.05) is 16.8 Å². The van der Waals surface area contributed by atoms with Crippen molar-refractivity contribution in [1.29, 1.82) is 0 Å². The standard InChI is InChI=1S/C18H19ClN4O3/c1-10(20-3)8-16-22-18(26-23-16)14-5-4-12(19)9-15(14)21-17(24)13-6-7-25-11(13)2/h4-7,9-10,20H,8H2,1-3H3,(H,21,24). The molecule has 3 aromatic rings. The van der Waals surface area contributed by atoms with E-state index in [1.54, 1.807) is 31.2 Å². The minimum atomic E-state index is -0.302. The third-order valence-electron chi connectivity index (χ3n) is 4.01. The molecule has 1 unspecified atom stereocenters. The van der Waals surface area contributed by atoms with Crippen LogP contribution in [0.2, 0.25) is 5.02 Å². The summed E-state index contributed by atoms with van der Waals surface area (Å²) in [4.78, 5) is 16.9. The van der Waals surface area contributed by atoms with Crippen LogP contribution in [0.25, 0.3) is 11.5 Å². The van der Waals surface area contributed by atoms with Gasteiger partial charge in [-0.25, -0.2) is 0 Å². The smallest absolute Gasteiger partial charge is 0.260 e. The van der Waals surface area contributed by atoms with E-state index >= 15 is 0 Å². The van der Waals surface area contributed by atoms with Crippen LogP contribution in [0.1, 0.15) is 28.9 Å². The van der Waals surface area contributed by atoms with Gasteiger partial charge < -0.3 is 19.6 Å². The molecular formula is C18H19ClN4O3. The third-order valence-corrected chi connectivity index (χ3v) is 4.25. The van der Waals surface area contributed by atoms with Gasteiger partial charge in [0.1, 0.15) is 5.76 Å². The van der Waals surface area contributed by atoms with E-state index in [-0.39, 0.29) is 11.9 Å². The van der Waals surface area contributed by atoms with E-state index in [2.05, 4.69) is 20.8 Å². The molecule has 2 aromatic heterocycles. The van der Waals surface area contributed by atoms with Crippen molar-refractivity contribution in [1.82, 2.24) is 15.5 Å². The predicted molar refractivity (Wildman–Crippen MR) is 98.4 cm³/mol. The summed E-state index contributed by atoms with van der Waals surface area (Å²) in [5, 5.41) is 10.4. The first kappa shape index (κ1) is 18.2. The van der Waals surface area contributed by atoms with E-state index in [1.807, 2.05) is 14.0 Å². The van der Waals surface area contributed by atoms with Crippen LogP contribution in [0.3, 0.4) is 0 Å². The Kier molecular flexibility index (Phi) is 5.39. The van der Waals surface area contributed by atoms with Crippen molar-refractivity contribution in [3.63, 3.8) is 0 Å². The van der Waals surface area contributed by atoms with Crippen LogP contribution < -0.4 is 10.6 Å². The molecule has 2 N–H and O–H groups in total. The molecule has 0 radical (unpaired) electrons. The largest absolute Gasteiger partial charge is 0.469 e. The molecule has 0 aliphatic rings. The Labute approximate surface area is 155 Å². The van der Waals surface area contributed by atoms with Crippen molar-refractivity contribution in [3.05, 3.63) is 52.7 Å². The van der Waals surface area contributed by atoms with E-state index in [1.165, 1.54) is 6.26 Å². The van der Waals surface area contributed by atoms with Crippen molar-refractivity contribution in [3.8, 4) is 11.5 Å². The lowest BCUT2D eigenvalue weighted by atomic mass is 10.1. The number of aryl methyl sites for hydroxylation is 1. The van der Waals surface area contributed by atoms with E-state index in [9.17, 15) is 4.79 Å². The highest BCUT2D eigenvalue weighted by Gasteiger charge is 2.18. The second-order valence-corrected chi connectivity index (χ2v) is 6.38. The Hall–Kier alpha value is -2.64. The van der Waals surface area contributed by atoms with E-state index in [4.69, 9.17) is 20.5 Å². The zero-order valence-electron chi connectivity index (χ0n) is 14.7. The first-order chi connectivity index (χ1) is 12.5. The number of rotatable bonds is 6. The number of benzene rings is 1. The number of amides is 1. The number of likely N-dealkylation sites (N-methyl/N-ethyl adjacent to an activating group) is 1. The fraction of sp³-hybridized carbons (Fsp3) is 0.278. The van der Waals surface area contributed by atoms with E-state index in [0.29, 0.717) is 45.7 Å². The maximum absolute atomic E-state index is 12.5. The number of hydrogen-bond donors (Lipinski definition) is 2. The Morgan fingerprint density at radius 1 is 1.35 bits per heavy atom. The number of nitrogens with zero attached hydrogens (tertiary/aromatic N) is 2. The molecule has 7 nitrogen and oxygen atoms in total. The highest BCUT2D eigenvalue weighted by atomic mass is 35.5. The number of hydrogen-bond acceptors (Lipinski definition) is 6. The van der Waals surface area contributed by atoms with Crippen LogP contribution in [0.5, 0.6) is 0 Å². The lowest BCUT2D eigenvalue weighted by molar-refractivity contribution is 0.102. The Morgan fingerprint density at radius 2 is 2.15 bits per heavy atom. The Morgan fingerprint density at radius 3 is 2.85 bits per heavy atom. The number of anilines is 1. The molecule has 3 rings (SSSR count). The molecule has 0 fully saturated rings. The highest BCUT2D eigenvalue weighted by Crippen LogP contribution is 2.30. The number of aromatic nitrogens is 2. The molecule has 0 aliphatic carbocycles. The third kappa shape index (κ3) is 3.95. The van der Waals surface area contributed by atoms with Crippen LogP contribution in [-0.4, -0.2) is 29.1 Å². The summed E-state index contributed by atoms with van der Waals surface area (Å²) in [6, 6.07) is 6.91. The van der Waals surface area contributed by atoms with Gasteiger partial charge in [0.15, 0.2) is 5.82 Å². The Balaban J connectivity index is 1.89. The number of nitrogens with one attached hydrogen (secondary N) is 2. The second kappa shape index (κ2) is 7.72. The van der Waals surface area contributed by atoms with Crippen molar-refractivity contribution in [2.24, 2.45) is 0 Å². The molecule has 1 aromatic carbocycles. The highest BCUT2D eigenvalue weighted by molar-refractivity contribution is 6.31. The summed E-state index contributed by atoms with van der Waals surface area (Å²) < 4.78 is 10.5. The number of furan rings is 1. The molecule has 1 atom stereocenters. The van der Waals surface area contributed by atoms with Gasteiger partial charge in [-0.15, -0.1) is 0 Å². The Bertz CT molecular complexity index is 919. The van der Waals surface area contributed by atoms with Gasteiger partial charge in [-0.3, -0.25) is 4.79 Å². The minimum absolute atomic E-state index is 0.217. The maximum atomic E-state index is 12.5. The molecule has 8 heteroatoms. The summed E-state index contributed by atoms with van der Waals surface area (Å²) in [6.07, 6.45) is 2.10. The van der Waals surface area contributed by atoms with Gasteiger partial charge in [0.25, 0.3) is 11.8 Å². The molecule has 136 valence electrons. The van der Waals surface area contributed by atoms with Gasteiger partial charge in [-0.05, 0) is 45.2 Å². The average Bonchev–Trinajstić information content (AvgIpc) is 3.24. The summed E-state index contributed by atoms with van der Waals surface area (Å²) in [6.45, 7) is 3.75. The van der Waals surface area contributed by atoms with Crippen molar-refractivity contribution in [2.45, 2.75) is 26.3 Å². The fourth-order valence-corrected chi connectivity index (χ4v) is 2.61. The van der Waals surface area contributed by atoms with E-state index in [0.717, 1.165) is 0 Å². The van der Waals surface area contributed by atoms with E-state index < -0.39 is 0 Å². The molecule has 0 spiro atoms. The van der Waals surface area contributed by atoms with Crippen LogP contribution in [0.15, 0.2) is 39.5 Å². The summed E-state index contributed by atoms with van der Waals surface area (Å²) in [5.74, 6) is 1.13. The summed E-state index contributed by atoms with van der Waals surface area (Å²) >= 11 is 6.09. The fourth-order valence-electron chi connectivity index (χ4n) is 2.44. The molecule has 0 aliphatic heterocycles. The molecule has 2 heterocycles. The minimum Gasteiger partial charge on any atom is -0.469 e. The monoisotopic (exact) mass is 374 g/mol. The molecule has 26 heavy (non-hydrogen) atoms. The zero-order valence-corrected chi connectivity index (χ0v) is 15.4. The van der Waals surface area contributed by atoms with Crippen molar-refractivity contribution >= 4 is 23.2 Å². The van der Waals surface area contributed by atoms with Gasteiger partial charge in [-0.2, -0.15) is 4.98 Å². The van der Waals surface area contributed by atoms with Gasteiger partial charge in [0.2, 0.25) is 0 Å². The molecule has 0 saturated heterocycles. The van der Waals surface area contributed by atoms with Crippen molar-refractivity contribution < 1.29 is 13.7 Å². The van der Waals surface area contributed by atoms with Crippen LogP contribution >= 0.6 is 11.6 Å². The second-order valence-electron chi connectivity index (χ2n) is 5.94. The summed E-state index contributed by atoms with van der Waals surface area (Å²) in [7, 11) is 1.87. The lowest BCUT2D eigenvalue weighted by Crippen LogP contribution is -2.24. The van der Waals surface area contributed by atoms with Gasteiger partial charge >= 0.3 is 0 Å². The molecular weight excluding hydrogens is 356 g/mol. The molecule has 1 amide bonds. The van der Waals surface area contributed by atoms with Crippen molar-refractivity contribution in [2.75, 3.05) is 12.4 Å². The lowest BCUT2D eigenvalue weighted by Gasteiger charge is -2.09. The maximum Gasteiger partial charge on any atom is 0.260 e. The topological polar surface area (TPSA) is 93.2 Å². The zero-order chi connectivity index (χ0) is 18.7. The number of carbonyl (C=O) groups excluding carboxylic acids is 1. The summed E-state index contributed by atoms with van der Waals surface area (Å²) in [5.41, 5.74) is 1.53. The normalized spacial score (nSPS) is 12.2. The van der Waals surface area contributed by atoms with Crippen LogP contribution in [0.4, 0.5) is 5.69 Å². The molecule has 0 saturated carbocycles.